The van der Waals surface area contributed by atoms with Crippen molar-refractivity contribution >= 4 is 39.8 Å². The Morgan fingerprint density at radius 3 is 2.64 bits per heavy atom. The number of carbonyl (C=O) groups is 1. The first-order valence-corrected chi connectivity index (χ1v) is 8.09. The molecule has 0 spiro atoms. The Hall–Kier alpha value is -2.66. The molecule has 25 heavy (non-hydrogen) atoms. The Morgan fingerprint density at radius 1 is 1.20 bits per heavy atom. The average Bonchev–Trinajstić information content (AvgIpc) is 2.59. The molecule has 6 heteroatoms. The second kappa shape index (κ2) is 6.69. The van der Waals surface area contributed by atoms with Crippen LogP contribution in [0.2, 0.25) is 5.02 Å². The molecular formula is C19H17ClFN3O. The van der Waals surface area contributed by atoms with E-state index in [9.17, 15) is 9.18 Å². The Labute approximate surface area is 150 Å². The zero-order valence-corrected chi connectivity index (χ0v) is 14.9. The summed E-state index contributed by atoms with van der Waals surface area (Å²) in [7, 11) is 3.39. The van der Waals surface area contributed by atoms with Gasteiger partial charge in [0.2, 0.25) is 0 Å². The highest BCUT2D eigenvalue weighted by Crippen LogP contribution is 2.31. The van der Waals surface area contributed by atoms with E-state index in [2.05, 4.69) is 10.3 Å². The van der Waals surface area contributed by atoms with Crippen LogP contribution in [0.25, 0.3) is 10.8 Å². The van der Waals surface area contributed by atoms with E-state index in [4.69, 9.17) is 11.6 Å². The smallest absolute Gasteiger partial charge is 0.255 e. The van der Waals surface area contributed by atoms with Crippen molar-refractivity contribution < 1.29 is 9.18 Å². The maximum absolute atomic E-state index is 14.2. The summed E-state index contributed by atoms with van der Waals surface area (Å²) < 4.78 is 14.2. The summed E-state index contributed by atoms with van der Waals surface area (Å²) in [6, 6.07) is 10.4. The molecule has 0 fully saturated rings. The molecule has 1 N–H and O–H groups in total. The number of fused-ring (bicyclic) bond motifs is 1. The van der Waals surface area contributed by atoms with Crippen LogP contribution in [0.4, 0.5) is 15.9 Å². The van der Waals surface area contributed by atoms with Crippen LogP contribution in [-0.4, -0.2) is 29.9 Å². The number of hydrogen-bond donors (Lipinski definition) is 1. The third kappa shape index (κ3) is 3.15. The summed E-state index contributed by atoms with van der Waals surface area (Å²) in [6.07, 6.45) is 1.52. The monoisotopic (exact) mass is 357 g/mol. The van der Waals surface area contributed by atoms with Crippen molar-refractivity contribution in [3.05, 3.63) is 64.6 Å². The number of nitrogens with one attached hydrogen (secondary N) is 1. The first kappa shape index (κ1) is 17.2. The molecular weight excluding hydrogens is 341 g/mol. The van der Waals surface area contributed by atoms with Crippen molar-refractivity contribution in [1.29, 1.82) is 0 Å². The number of rotatable bonds is 3. The van der Waals surface area contributed by atoms with Gasteiger partial charge in [0.1, 0.15) is 5.82 Å². The van der Waals surface area contributed by atoms with E-state index in [1.165, 1.54) is 17.2 Å². The quantitative estimate of drug-likeness (QED) is 0.733. The Balaban J connectivity index is 2.18. The van der Waals surface area contributed by atoms with Crippen molar-refractivity contribution in [3.8, 4) is 0 Å². The SMILES string of the molecule is Cc1cccc2c(Nc3cccc(Cl)c3F)ncc(C(=O)N(C)C)c12. The number of nitrogens with zero attached hydrogens (tertiary/aromatic N) is 2. The van der Waals surface area contributed by atoms with Crippen LogP contribution in [0.1, 0.15) is 15.9 Å². The van der Waals surface area contributed by atoms with Gasteiger partial charge in [-0.1, -0.05) is 35.9 Å². The lowest BCUT2D eigenvalue weighted by molar-refractivity contribution is 0.0829. The molecule has 0 saturated heterocycles. The molecule has 0 bridgehead atoms. The highest BCUT2D eigenvalue weighted by Gasteiger charge is 2.17. The van der Waals surface area contributed by atoms with Gasteiger partial charge in [0.15, 0.2) is 5.82 Å². The number of benzene rings is 2. The number of aromatic nitrogens is 1. The third-order valence-corrected chi connectivity index (χ3v) is 4.25. The lowest BCUT2D eigenvalue weighted by atomic mass is 10.0. The molecule has 0 atom stereocenters. The maximum Gasteiger partial charge on any atom is 0.255 e. The predicted octanol–water partition coefficient (Wildman–Crippen LogP) is 4.78. The molecule has 3 rings (SSSR count). The van der Waals surface area contributed by atoms with E-state index in [0.29, 0.717) is 11.4 Å². The Kier molecular flexibility index (Phi) is 4.59. The van der Waals surface area contributed by atoms with Crippen molar-refractivity contribution in [2.45, 2.75) is 6.92 Å². The van der Waals surface area contributed by atoms with Crippen molar-refractivity contribution in [1.82, 2.24) is 9.88 Å². The fraction of sp³-hybridized carbons (Fsp3) is 0.158. The van der Waals surface area contributed by atoms with E-state index in [-0.39, 0.29) is 16.6 Å². The lowest BCUT2D eigenvalue weighted by Crippen LogP contribution is -2.22. The van der Waals surface area contributed by atoms with Crippen LogP contribution in [0.3, 0.4) is 0 Å². The molecule has 4 nitrogen and oxygen atoms in total. The third-order valence-electron chi connectivity index (χ3n) is 3.96. The van der Waals surface area contributed by atoms with Gasteiger partial charge in [-0.3, -0.25) is 4.79 Å². The standard InChI is InChI=1S/C19H17ClFN3O/c1-11-6-4-7-12-16(11)13(19(25)24(2)3)10-22-18(12)23-15-9-5-8-14(20)17(15)21/h4-10H,1-3H3,(H,22,23). The second-order valence-electron chi connectivity index (χ2n) is 5.94. The van der Waals surface area contributed by atoms with Gasteiger partial charge >= 0.3 is 0 Å². The molecule has 0 radical (unpaired) electrons. The Morgan fingerprint density at radius 2 is 1.92 bits per heavy atom. The van der Waals surface area contributed by atoms with Crippen LogP contribution < -0.4 is 5.32 Å². The van der Waals surface area contributed by atoms with E-state index in [1.807, 2.05) is 25.1 Å². The van der Waals surface area contributed by atoms with Gasteiger partial charge in [-0.25, -0.2) is 9.37 Å². The van der Waals surface area contributed by atoms with Crippen LogP contribution >= 0.6 is 11.6 Å². The molecule has 1 heterocycles. The first-order valence-electron chi connectivity index (χ1n) is 7.71. The van der Waals surface area contributed by atoms with Gasteiger partial charge in [-0.15, -0.1) is 0 Å². The molecule has 0 aliphatic rings. The van der Waals surface area contributed by atoms with E-state index in [1.54, 1.807) is 26.2 Å². The number of hydrogen-bond acceptors (Lipinski definition) is 3. The zero-order valence-electron chi connectivity index (χ0n) is 14.1. The molecule has 1 amide bonds. The topological polar surface area (TPSA) is 45.2 Å². The first-order chi connectivity index (χ1) is 11.9. The number of halogens is 2. The number of anilines is 2. The minimum absolute atomic E-state index is 0.0323. The molecule has 0 aliphatic carbocycles. The summed E-state index contributed by atoms with van der Waals surface area (Å²) in [5.74, 6) is -0.206. The average molecular weight is 358 g/mol. The van der Waals surface area contributed by atoms with Gasteiger partial charge in [0.25, 0.3) is 5.91 Å². The van der Waals surface area contributed by atoms with E-state index in [0.717, 1.165) is 16.3 Å². The van der Waals surface area contributed by atoms with Crippen LogP contribution in [0, 0.1) is 12.7 Å². The summed E-state index contributed by atoms with van der Waals surface area (Å²) in [4.78, 5) is 18.3. The molecule has 128 valence electrons. The number of aryl methyl sites for hydroxylation is 1. The number of amides is 1. The molecule has 1 aromatic heterocycles. The van der Waals surface area contributed by atoms with E-state index >= 15 is 0 Å². The Bertz CT molecular complexity index is 972. The maximum atomic E-state index is 14.2. The van der Waals surface area contributed by atoms with Crippen LogP contribution in [-0.2, 0) is 0 Å². The van der Waals surface area contributed by atoms with Gasteiger partial charge in [-0.2, -0.15) is 0 Å². The summed E-state index contributed by atoms with van der Waals surface area (Å²) in [5.41, 5.74) is 1.68. The van der Waals surface area contributed by atoms with Gasteiger partial charge in [-0.05, 0) is 24.6 Å². The number of pyridine rings is 1. The fourth-order valence-corrected chi connectivity index (χ4v) is 2.89. The highest BCUT2D eigenvalue weighted by atomic mass is 35.5. The minimum atomic E-state index is -0.541. The summed E-state index contributed by atoms with van der Waals surface area (Å²) in [5, 5.41) is 4.55. The molecule has 3 aromatic rings. The van der Waals surface area contributed by atoms with Gasteiger partial charge in [0.05, 0.1) is 16.3 Å². The molecule has 0 aliphatic heterocycles. The summed E-state index contributed by atoms with van der Waals surface area (Å²) in [6.45, 7) is 1.93. The normalized spacial score (nSPS) is 10.8. The minimum Gasteiger partial charge on any atom is -0.345 e. The van der Waals surface area contributed by atoms with Crippen molar-refractivity contribution in [2.75, 3.05) is 19.4 Å². The van der Waals surface area contributed by atoms with Crippen LogP contribution in [0.15, 0.2) is 42.6 Å². The van der Waals surface area contributed by atoms with E-state index < -0.39 is 5.82 Å². The summed E-state index contributed by atoms with van der Waals surface area (Å²) >= 11 is 5.84. The molecule has 0 saturated carbocycles. The molecule has 0 unspecified atom stereocenters. The lowest BCUT2D eigenvalue weighted by Gasteiger charge is -2.16. The second-order valence-corrected chi connectivity index (χ2v) is 6.35. The highest BCUT2D eigenvalue weighted by molar-refractivity contribution is 6.31. The molecule has 2 aromatic carbocycles. The van der Waals surface area contributed by atoms with Crippen molar-refractivity contribution in [3.63, 3.8) is 0 Å². The van der Waals surface area contributed by atoms with Gasteiger partial charge < -0.3 is 10.2 Å². The van der Waals surface area contributed by atoms with Gasteiger partial charge in [0, 0.05) is 31.1 Å². The van der Waals surface area contributed by atoms with Crippen LogP contribution in [0.5, 0.6) is 0 Å². The fourth-order valence-electron chi connectivity index (χ4n) is 2.72. The zero-order chi connectivity index (χ0) is 18.1. The number of carbonyl (C=O) groups excluding carboxylic acids is 1. The predicted molar refractivity (Wildman–Crippen MR) is 99.2 cm³/mol. The largest absolute Gasteiger partial charge is 0.345 e. The van der Waals surface area contributed by atoms with Crippen molar-refractivity contribution in [2.24, 2.45) is 0 Å².